The second-order valence-electron chi connectivity index (χ2n) is 3.21. The fourth-order valence-electron chi connectivity index (χ4n) is 1.49. The van der Waals surface area contributed by atoms with E-state index in [0.717, 1.165) is 39.0 Å². The van der Waals surface area contributed by atoms with Crippen molar-refractivity contribution in [1.82, 2.24) is 4.90 Å². The van der Waals surface area contributed by atoms with Crippen molar-refractivity contribution in [3.05, 3.63) is 6.10 Å². The van der Waals surface area contributed by atoms with Crippen LogP contribution in [0.5, 0.6) is 0 Å². The second kappa shape index (κ2) is 3.09. The second-order valence-corrected chi connectivity index (χ2v) is 3.21. The summed E-state index contributed by atoms with van der Waals surface area (Å²) in [6.45, 7) is 6.77. The van der Waals surface area contributed by atoms with Crippen molar-refractivity contribution in [1.29, 1.82) is 0 Å². The molecule has 0 aromatic carbocycles. The molecule has 2 rings (SSSR count). The Balaban J connectivity index is 1.82. The van der Waals surface area contributed by atoms with Crippen LogP contribution in [-0.4, -0.2) is 43.9 Å². The van der Waals surface area contributed by atoms with Gasteiger partial charge >= 0.3 is 0 Å². The number of rotatable bonds is 1. The summed E-state index contributed by atoms with van der Waals surface area (Å²) >= 11 is 0. The van der Waals surface area contributed by atoms with Gasteiger partial charge in [-0.25, -0.2) is 0 Å². The third-order valence-electron chi connectivity index (χ3n) is 2.29. The summed E-state index contributed by atoms with van der Waals surface area (Å²) in [5.41, 5.74) is 0. The van der Waals surface area contributed by atoms with E-state index in [0.29, 0.717) is 6.04 Å². The fourth-order valence-corrected chi connectivity index (χ4v) is 1.49. The zero-order valence-corrected chi connectivity index (χ0v) is 6.88. The van der Waals surface area contributed by atoms with Crippen molar-refractivity contribution in [2.45, 2.75) is 13.0 Å². The Kier molecular flexibility index (Phi) is 2.11. The smallest absolute Gasteiger partial charge is 0.108 e. The molecule has 0 atom stereocenters. The van der Waals surface area contributed by atoms with E-state index in [1.165, 1.54) is 0 Å². The summed E-state index contributed by atoms with van der Waals surface area (Å²) in [5, 5.41) is 0. The fraction of sp³-hybridized carbons (Fsp3) is 0.875. The normalized spacial score (nSPS) is 30.3. The van der Waals surface area contributed by atoms with Crippen LogP contribution in [0.25, 0.3) is 0 Å². The van der Waals surface area contributed by atoms with Crippen molar-refractivity contribution in [3.8, 4) is 0 Å². The molecule has 2 aliphatic heterocycles. The van der Waals surface area contributed by atoms with Crippen LogP contribution in [0.4, 0.5) is 0 Å². The first-order chi connectivity index (χ1) is 5.36. The Morgan fingerprint density at radius 2 is 2.27 bits per heavy atom. The summed E-state index contributed by atoms with van der Waals surface area (Å²) in [5.74, 6) is 0. The van der Waals surface area contributed by atoms with Crippen LogP contribution in [0.3, 0.4) is 0 Å². The van der Waals surface area contributed by atoms with Gasteiger partial charge in [-0.05, 0) is 6.92 Å². The summed E-state index contributed by atoms with van der Waals surface area (Å²) in [4.78, 5) is 2.43. The van der Waals surface area contributed by atoms with E-state index in [-0.39, 0.29) is 0 Å². The third kappa shape index (κ3) is 1.55. The number of ether oxygens (including phenoxy) is 2. The minimum absolute atomic E-state index is 0.661. The lowest BCUT2D eigenvalue weighted by Gasteiger charge is -2.40. The highest BCUT2D eigenvalue weighted by Gasteiger charge is 2.29. The Morgan fingerprint density at radius 3 is 2.82 bits per heavy atom. The quantitative estimate of drug-likeness (QED) is 0.544. The molecule has 2 heterocycles. The van der Waals surface area contributed by atoms with Gasteiger partial charge in [0.25, 0.3) is 0 Å². The molecule has 1 radical (unpaired) electrons. The van der Waals surface area contributed by atoms with Gasteiger partial charge in [0.05, 0.1) is 25.9 Å². The molecule has 11 heavy (non-hydrogen) atoms. The van der Waals surface area contributed by atoms with Crippen molar-refractivity contribution in [2.75, 3.05) is 32.9 Å². The van der Waals surface area contributed by atoms with E-state index in [9.17, 15) is 0 Å². The summed E-state index contributed by atoms with van der Waals surface area (Å²) < 4.78 is 10.5. The minimum atomic E-state index is 0.661. The molecule has 0 spiro atoms. The standard InChI is InChI=1S/C8H14NO2/c1-7-4-9(2-3-11-7)8-5-10-6-8/h8H,2-6H2,1H3. The van der Waals surface area contributed by atoms with Crippen molar-refractivity contribution in [2.24, 2.45) is 0 Å². The SMILES string of the molecule is C[C]1CN(C2COC2)CCO1. The van der Waals surface area contributed by atoms with Crippen LogP contribution in [0.2, 0.25) is 0 Å². The highest BCUT2D eigenvalue weighted by molar-refractivity contribution is 4.87. The molecule has 0 saturated carbocycles. The first kappa shape index (κ1) is 7.53. The molecule has 0 unspecified atom stereocenters. The first-order valence-electron chi connectivity index (χ1n) is 4.13. The molecule has 0 aromatic rings. The van der Waals surface area contributed by atoms with Crippen molar-refractivity contribution in [3.63, 3.8) is 0 Å². The average Bonchev–Trinajstić information content (AvgIpc) is 1.83. The molecule has 0 aromatic heterocycles. The molecular formula is C8H14NO2. The molecule has 2 fully saturated rings. The topological polar surface area (TPSA) is 21.7 Å². The van der Waals surface area contributed by atoms with E-state index in [1.54, 1.807) is 0 Å². The third-order valence-corrected chi connectivity index (χ3v) is 2.29. The van der Waals surface area contributed by atoms with E-state index < -0.39 is 0 Å². The Morgan fingerprint density at radius 1 is 1.45 bits per heavy atom. The molecule has 3 heteroatoms. The predicted octanol–water partition coefficient (Wildman–Crippen LogP) is 0.269. The number of morpholine rings is 1. The maximum atomic E-state index is 5.36. The van der Waals surface area contributed by atoms with Gasteiger partial charge in [-0.1, -0.05) is 0 Å². The van der Waals surface area contributed by atoms with Gasteiger partial charge in [-0.3, -0.25) is 4.90 Å². The number of hydrogen-bond acceptors (Lipinski definition) is 3. The zero-order valence-electron chi connectivity index (χ0n) is 6.88. The summed E-state index contributed by atoms with van der Waals surface area (Å²) in [6.07, 6.45) is 1.14. The van der Waals surface area contributed by atoms with Crippen LogP contribution in [0.15, 0.2) is 0 Å². The molecule has 2 saturated heterocycles. The largest absolute Gasteiger partial charge is 0.378 e. The van der Waals surface area contributed by atoms with E-state index in [2.05, 4.69) is 4.90 Å². The maximum Gasteiger partial charge on any atom is 0.108 e. The lowest BCUT2D eigenvalue weighted by molar-refractivity contribution is -0.0897. The van der Waals surface area contributed by atoms with Gasteiger partial charge in [0.1, 0.15) is 6.10 Å². The van der Waals surface area contributed by atoms with E-state index >= 15 is 0 Å². The van der Waals surface area contributed by atoms with Crippen LogP contribution in [0, 0.1) is 6.10 Å². The first-order valence-corrected chi connectivity index (χ1v) is 4.13. The van der Waals surface area contributed by atoms with Gasteiger partial charge in [-0.2, -0.15) is 0 Å². The van der Waals surface area contributed by atoms with Crippen LogP contribution in [0.1, 0.15) is 6.92 Å². The number of hydrogen-bond donors (Lipinski definition) is 0. The van der Waals surface area contributed by atoms with Crippen LogP contribution in [-0.2, 0) is 9.47 Å². The molecular weight excluding hydrogens is 142 g/mol. The lowest BCUT2D eigenvalue weighted by Crippen LogP contribution is -2.53. The molecule has 2 aliphatic rings. The lowest BCUT2D eigenvalue weighted by atomic mass is 10.2. The Labute approximate surface area is 67.3 Å². The van der Waals surface area contributed by atoms with Crippen molar-refractivity contribution >= 4 is 0 Å². The van der Waals surface area contributed by atoms with Gasteiger partial charge in [-0.15, -0.1) is 0 Å². The van der Waals surface area contributed by atoms with E-state index in [1.807, 2.05) is 6.92 Å². The van der Waals surface area contributed by atoms with Gasteiger partial charge in [0.2, 0.25) is 0 Å². The monoisotopic (exact) mass is 156 g/mol. The zero-order chi connectivity index (χ0) is 7.68. The van der Waals surface area contributed by atoms with E-state index in [4.69, 9.17) is 9.47 Å². The molecule has 0 aliphatic carbocycles. The maximum absolute atomic E-state index is 5.36. The minimum Gasteiger partial charge on any atom is -0.378 e. The van der Waals surface area contributed by atoms with Crippen LogP contribution >= 0.6 is 0 Å². The van der Waals surface area contributed by atoms with Crippen LogP contribution < -0.4 is 0 Å². The number of nitrogens with zero attached hydrogens (tertiary/aromatic N) is 1. The Bertz CT molecular complexity index is 136. The average molecular weight is 156 g/mol. The predicted molar refractivity (Wildman–Crippen MR) is 41.0 cm³/mol. The van der Waals surface area contributed by atoms with Crippen molar-refractivity contribution < 1.29 is 9.47 Å². The highest BCUT2D eigenvalue weighted by Crippen LogP contribution is 2.17. The summed E-state index contributed by atoms with van der Waals surface area (Å²) in [7, 11) is 0. The van der Waals surface area contributed by atoms with Gasteiger partial charge < -0.3 is 9.47 Å². The molecule has 0 amide bonds. The molecule has 3 nitrogen and oxygen atoms in total. The molecule has 0 bridgehead atoms. The van der Waals surface area contributed by atoms with Gasteiger partial charge in [0.15, 0.2) is 0 Å². The highest BCUT2D eigenvalue weighted by atomic mass is 16.5. The molecule has 0 N–H and O–H groups in total. The Hall–Kier alpha value is -0.120. The molecule has 63 valence electrons. The van der Waals surface area contributed by atoms with Gasteiger partial charge in [0, 0.05) is 13.1 Å². The summed E-state index contributed by atoms with van der Waals surface area (Å²) in [6, 6.07) is 0.661.